The smallest absolute Gasteiger partial charge is 0.241 e. The molecule has 0 radical (unpaired) electrons. The first-order valence-electron chi connectivity index (χ1n) is 6.76. The minimum absolute atomic E-state index is 0.223. The van der Waals surface area contributed by atoms with E-state index in [4.69, 9.17) is 4.74 Å². The van der Waals surface area contributed by atoms with E-state index in [1.165, 1.54) is 0 Å². The molecule has 0 fully saturated rings. The Hall–Kier alpha value is -1.37. The van der Waals surface area contributed by atoms with Gasteiger partial charge in [0.2, 0.25) is 10.0 Å². The highest BCUT2D eigenvalue weighted by Crippen LogP contribution is 2.27. The Morgan fingerprint density at radius 2 is 1.91 bits per heavy atom. The van der Waals surface area contributed by atoms with E-state index in [-0.39, 0.29) is 4.90 Å². The molecule has 1 unspecified atom stereocenters. The molecule has 0 aliphatic heterocycles. The van der Waals surface area contributed by atoms with Gasteiger partial charge in [0, 0.05) is 16.1 Å². The van der Waals surface area contributed by atoms with Gasteiger partial charge in [-0.25, -0.2) is 13.1 Å². The lowest BCUT2D eigenvalue weighted by molar-refractivity contribution is 0.405. The molecule has 1 N–H and O–H groups in total. The topological polar surface area (TPSA) is 55.4 Å². The van der Waals surface area contributed by atoms with Crippen LogP contribution in [-0.4, -0.2) is 15.5 Å². The Labute approximate surface area is 139 Å². The Morgan fingerprint density at radius 1 is 1.18 bits per heavy atom. The Kier molecular flexibility index (Phi) is 5.26. The van der Waals surface area contributed by atoms with Crippen LogP contribution < -0.4 is 9.46 Å². The van der Waals surface area contributed by atoms with Crippen molar-refractivity contribution in [2.75, 3.05) is 7.11 Å². The lowest BCUT2D eigenvalue weighted by Gasteiger charge is -2.18. The number of hydrogen-bond acceptors (Lipinski definition) is 3. The maximum atomic E-state index is 12.5. The molecule has 0 amide bonds. The summed E-state index contributed by atoms with van der Waals surface area (Å²) in [4.78, 5) is 0.223. The molecule has 2 rings (SSSR count). The van der Waals surface area contributed by atoms with E-state index in [9.17, 15) is 8.42 Å². The molecule has 22 heavy (non-hydrogen) atoms. The van der Waals surface area contributed by atoms with Crippen molar-refractivity contribution in [2.45, 2.75) is 24.8 Å². The van der Waals surface area contributed by atoms with Crippen molar-refractivity contribution >= 4 is 26.0 Å². The van der Waals surface area contributed by atoms with Gasteiger partial charge in [-0.3, -0.25) is 0 Å². The number of hydrogen-bond donors (Lipinski definition) is 1. The standard InChI is InChI=1S/C16H18BrNO3S/c1-11-7-8-16(21-3)15(9-11)12(2)18-22(19,20)14-6-4-5-13(17)10-14/h4-10,12,18H,1-3H3. The van der Waals surface area contributed by atoms with Gasteiger partial charge in [-0.2, -0.15) is 0 Å². The van der Waals surface area contributed by atoms with E-state index in [1.807, 2.05) is 25.1 Å². The fourth-order valence-electron chi connectivity index (χ4n) is 2.19. The molecule has 118 valence electrons. The molecule has 1 atom stereocenters. The minimum Gasteiger partial charge on any atom is -0.496 e. The summed E-state index contributed by atoms with van der Waals surface area (Å²) >= 11 is 3.29. The lowest BCUT2D eigenvalue weighted by Crippen LogP contribution is -2.27. The van der Waals surface area contributed by atoms with Crippen molar-refractivity contribution in [1.82, 2.24) is 4.72 Å². The Morgan fingerprint density at radius 3 is 2.55 bits per heavy atom. The largest absolute Gasteiger partial charge is 0.496 e. The van der Waals surface area contributed by atoms with Gasteiger partial charge >= 0.3 is 0 Å². The van der Waals surface area contributed by atoms with Crippen molar-refractivity contribution in [3.8, 4) is 5.75 Å². The molecule has 0 saturated heterocycles. The van der Waals surface area contributed by atoms with Crippen molar-refractivity contribution in [2.24, 2.45) is 0 Å². The molecule has 0 heterocycles. The SMILES string of the molecule is COc1ccc(C)cc1C(C)NS(=O)(=O)c1cccc(Br)c1. The molecule has 0 aliphatic rings. The van der Waals surface area contributed by atoms with Crippen molar-refractivity contribution in [3.05, 3.63) is 58.1 Å². The molecular weight excluding hydrogens is 366 g/mol. The highest BCUT2D eigenvalue weighted by atomic mass is 79.9. The van der Waals surface area contributed by atoms with Crippen LogP contribution in [0, 0.1) is 6.92 Å². The Balaban J connectivity index is 2.32. The van der Waals surface area contributed by atoms with E-state index in [0.717, 1.165) is 15.6 Å². The zero-order valence-electron chi connectivity index (χ0n) is 12.6. The van der Waals surface area contributed by atoms with Crippen LogP contribution in [-0.2, 0) is 10.0 Å². The molecule has 6 heteroatoms. The molecule has 2 aromatic carbocycles. The maximum Gasteiger partial charge on any atom is 0.241 e. The van der Waals surface area contributed by atoms with Crippen LogP contribution in [0.25, 0.3) is 0 Å². The van der Waals surface area contributed by atoms with Crippen LogP contribution in [0.1, 0.15) is 24.1 Å². The summed E-state index contributed by atoms with van der Waals surface area (Å²) in [5.41, 5.74) is 1.85. The van der Waals surface area contributed by atoms with Gasteiger partial charge in [-0.15, -0.1) is 0 Å². The van der Waals surface area contributed by atoms with Crippen LogP contribution in [0.15, 0.2) is 51.8 Å². The summed E-state index contributed by atoms with van der Waals surface area (Å²) in [5.74, 6) is 0.662. The number of aryl methyl sites for hydroxylation is 1. The number of rotatable bonds is 5. The lowest BCUT2D eigenvalue weighted by atomic mass is 10.1. The van der Waals surface area contributed by atoms with Gasteiger partial charge in [0.15, 0.2) is 0 Å². The molecule has 0 bridgehead atoms. The third-order valence-corrected chi connectivity index (χ3v) is 5.32. The predicted molar refractivity (Wildman–Crippen MR) is 90.6 cm³/mol. The molecular formula is C16H18BrNO3S. The second kappa shape index (κ2) is 6.81. The second-order valence-corrected chi connectivity index (χ2v) is 7.68. The average molecular weight is 384 g/mol. The summed E-state index contributed by atoms with van der Waals surface area (Å²) < 4.78 is 33.7. The number of ether oxygens (including phenoxy) is 1. The highest BCUT2D eigenvalue weighted by molar-refractivity contribution is 9.10. The van der Waals surface area contributed by atoms with Crippen LogP contribution in [0.5, 0.6) is 5.75 Å². The van der Waals surface area contributed by atoms with E-state index in [1.54, 1.807) is 38.3 Å². The first kappa shape index (κ1) is 17.0. The first-order valence-corrected chi connectivity index (χ1v) is 9.03. The van der Waals surface area contributed by atoms with Gasteiger partial charge in [0.25, 0.3) is 0 Å². The summed E-state index contributed by atoms with van der Waals surface area (Å²) in [7, 11) is -2.03. The van der Waals surface area contributed by atoms with Gasteiger partial charge in [-0.05, 0) is 38.1 Å². The minimum atomic E-state index is -3.60. The van der Waals surface area contributed by atoms with Crippen LogP contribution >= 0.6 is 15.9 Å². The van der Waals surface area contributed by atoms with E-state index < -0.39 is 16.1 Å². The van der Waals surface area contributed by atoms with Crippen molar-refractivity contribution < 1.29 is 13.2 Å². The molecule has 0 aromatic heterocycles. The Bertz CT molecular complexity index is 775. The third kappa shape index (κ3) is 3.88. The zero-order valence-corrected chi connectivity index (χ0v) is 15.0. The number of methoxy groups -OCH3 is 1. The molecule has 0 spiro atoms. The van der Waals surface area contributed by atoms with Gasteiger partial charge in [0.1, 0.15) is 5.75 Å². The van der Waals surface area contributed by atoms with E-state index in [2.05, 4.69) is 20.7 Å². The second-order valence-electron chi connectivity index (χ2n) is 5.05. The summed E-state index contributed by atoms with van der Waals surface area (Å²) in [6.07, 6.45) is 0. The summed E-state index contributed by atoms with van der Waals surface area (Å²) in [6.45, 7) is 3.76. The quantitative estimate of drug-likeness (QED) is 0.853. The number of benzene rings is 2. The number of nitrogens with one attached hydrogen (secondary N) is 1. The maximum absolute atomic E-state index is 12.5. The first-order chi connectivity index (χ1) is 10.3. The monoisotopic (exact) mass is 383 g/mol. The van der Waals surface area contributed by atoms with Gasteiger partial charge < -0.3 is 4.74 Å². The fourth-order valence-corrected chi connectivity index (χ4v) is 4.01. The fraction of sp³-hybridized carbons (Fsp3) is 0.250. The normalized spacial score (nSPS) is 12.9. The van der Waals surface area contributed by atoms with Gasteiger partial charge in [0.05, 0.1) is 12.0 Å². The van der Waals surface area contributed by atoms with Crippen molar-refractivity contribution in [1.29, 1.82) is 0 Å². The van der Waals surface area contributed by atoms with Crippen LogP contribution in [0.4, 0.5) is 0 Å². The third-order valence-electron chi connectivity index (χ3n) is 3.29. The molecule has 2 aromatic rings. The van der Waals surface area contributed by atoms with Crippen molar-refractivity contribution in [3.63, 3.8) is 0 Å². The van der Waals surface area contributed by atoms with Gasteiger partial charge in [-0.1, -0.05) is 39.7 Å². The average Bonchev–Trinajstić information content (AvgIpc) is 2.46. The number of halogens is 1. The van der Waals surface area contributed by atoms with E-state index >= 15 is 0 Å². The van der Waals surface area contributed by atoms with Crippen LogP contribution in [0.2, 0.25) is 0 Å². The van der Waals surface area contributed by atoms with E-state index in [0.29, 0.717) is 5.75 Å². The zero-order chi connectivity index (χ0) is 16.3. The molecule has 4 nitrogen and oxygen atoms in total. The summed E-state index contributed by atoms with van der Waals surface area (Å²) in [6, 6.07) is 11.9. The molecule has 0 aliphatic carbocycles. The van der Waals surface area contributed by atoms with Crippen LogP contribution in [0.3, 0.4) is 0 Å². The predicted octanol–water partition coefficient (Wildman–Crippen LogP) is 3.81. The highest BCUT2D eigenvalue weighted by Gasteiger charge is 2.20. The summed E-state index contributed by atoms with van der Waals surface area (Å²) in [5, 5.41) is 0. The number of sulfonamides is 1. The molecule has 0 saturated carbocycles.